The van der Waals surface area contributed by atoms with Gasteiger partial charge in [-0.15, -0.1) is 0 Å². The fraction of sp³-hybridized carbons (Fsp3) is 0.474. The molecule has 2 unspecified atom stereocenters. The van der Waals surface area contributed by atoms with Gasteiger partial charge in [0.1, 0.15) is 5.82 Å². The number of anilines is 1. The van der Waals surface area contributed by atoms with Crippen LogP contribution in [0.4, 0.5) is 5.82 Å². The first kappa shape index (κ1) is 18.2. The quantitative estimate of drug-likeness (QED) is 0.903. The van der Waals surface area contributed by atoms with Gasteiger partial charge >= 0.3 is 0 Å². The molecular weight excluding hydrogens is 300 g/mol. The molecule has 0 radical (unpaired) electrons. The Bertz CT molecular complexity index is 708. The molecule has 0 spiro atoms. The normalized spacial score (nSPS) is 14.3. The van der Waals surface area contributed by atoms with Crippen LogP contribution >= 0.6 is 0 Å². The van der Waals surface area contributed by atoms with E-state index in [0.29, 0.717) is 5.82 Å². The van der Waals surface area contributed by atoms with E-state index in [4.69, 9.17) is 10.8 Å². The Morgan fingerprint density at radius 2 is 1.79 bits per heavy atom. The van der Waals surface area contributed by atoms with Gasteiger partial charge in [0.2, 0.25) is 5.91 Å². The van der Waals surface area contributed by atoms with Gasteiger partial charge in [-0.1, -0.05) is 45.4 Å². The molecule has 24 heavy (non-hydrogen) atoms. The summed E-state index contributed by atoms with van der Waals surface area (Å²) in [7, 11) is 0. The van der Waals surface area contributed by atoms with Crippen LogP contribution in [0.25, 0.3) is 5.69 Å². The number of benzene rings is 1. The van der Waals surface area contributed by atoms with E-state index in [1.54, 1.807) is 4.68 Å². The molecule has 5 heteroatoms. The highest BCUT2D eigenvalue weighted by Crippen LogP contribution is 2.26. The van der Waals surface area contributed by atoms with E-state index in [1.165, 1.54) is 5.56 Å². The van der Waals surface area contributed by atoms with Crippen LogP contribution in [0.3, 0.4) is 0 Å². The Morgan fingerprint density at radius 1 is 1.21 bits per heavy atom. The first-order valence-corrected chi connectivity index (χ1v) is 8.33. The topological polar surface area (TPSA) is 72.9 Å². The predicted molar refractivity (Wildman–Crippen MR) is 98.4 cm³/mol. The van der Waals surface area contributed by atoms with Crippen molar-refractivity contribution in [3.8, 4) is 5.69 Å². The van der Waals surface area contributed by atoms with Crippen LogP contribution in [0.1, 0.15) is 45.9 Å². The summed E-state index contributed by atoms with van der Waals surface area (Å²) in [5, 5.41) is 7.69. The van der Waals surface area contributed by atoms with Crippen molar-refractivity contribution < 1.29 is 4.79 Å². The highest BCUT2D eigenvalue weighted by molar-refractivity contribution is 5.92. The number of nitrogens with zero attached hydrogens (tertiary/aromatic N) is 2. The van der Waals surface area contributed by atoms with Gasteiger partial charge < -0.3 is 11.1 Å². The van der Waals surface area contributed by atoms with Crippen molar-refractivity contribution in [3.63, 3.8) is 0 Å². The lowest BCUT2D eigenvalue weighted by Crippen LogP contribution is -2.34. The van der Waals surface area contributed by atoms with Crippen molar-refractivity contribution in [2.24, 2.45) is 11.7 Å². The lowest BCUT2D eigenvalue weighted by atomic mass is 9.92. The number of aromatic nitrogens is 2. The van der Waals surface area contributed by atoms with Gasteiger partial charge in [-0.3, -0.25) is 4.79 Å². The molecule has 0 aliphatic carbocycles. The van der Waals surface area contributed by atoms with Crippen molar-refractivity contribution in [3.05, 3.63) is 41.6 Å². The smallest absolute Gasteiger partial charge is 0.229 e. The molecule has 0 aliphatic heterocycles. The molecule has 5 nitrogen and oxygen atoms in total. The van der Waals surface area contributed by atoms with Crippen LogP contribution in [0, 0.1) is 12.8 Å². The van der Waals surface area contributed by atoms with E-state index < -0.39 is 0 Å². The fourth-order valence-corrected chi connectivity index (χ4v) is 2.20. The highest BCUT2D eigenvalue weighted by atomic mass is 16.2. The standard InChI is InChI=1S/C19H28N4O/c1-12-7-9-15(10-8-12)23-17(11-16(22-23)19(4,5)6)21-18(24)13(2)14(3)20/h7-11,13-14H,20H2,1-6H3,(H,21,24). The molecule has 0 aliphatic rings. The zero-order valence-electron chi connectivity index (χ0n) is 15.4. The molecule has 3 N–H and O–H groups in total. The number of amides is 1. The van der Waals surface area contributed by atoms with Crippen molar-refractivity contribution in [1.82, 2.24) is 9.78 Å². The molecule has 0 fully saturated rings. The molecule has 1 amide bonds. The Labute approximate surface area is 144 Å². The molecule has 2 rings (SSSR count). The van der Waals surface area contributed by atoms with E-state index in [0.717, 1.165) is 11.4 Å². The predicted octanol–water partition coefficient (Wildman–Crippen LogP) is 3.40. The van der Waals surface area contributed by atoms with Crippen LogP contribution in [0.2, 0.25) is 0 Å². The number of aryl methyl sites for hydroxylation is 1. The van der Waals surface area contributed by atoms with Gasteiger partial charge in [0.15, 0.2) is 0 Å². The monoisotopic (exact) mass is 328 g/mol. The van der Waals surface area contributed by atoms with Gasteiger partial charge in [0.25, 0.3) is 0 Å². The number of hydrogen-bond donors (Lipinski definition) is 2. The van der Waals surface area contributed by atoms with Crippen molar-refractivity contribution >= 4 is 11.7 Å². The number of carbonyl (C=O) groups excluding carboxylic acids is 1. The van der Waals surface area contributed by atoms with Crippen LogP contribution in [-0.2, 0) is 10.2 Å². The van der Waals surface area contributed by atoms with E-state index >= 15 is 0 Å². The zero-order chi connectivity index (χ0) is 18.1. The van der Waals surface area contributed by atoms with Gasteiger partial charge in [0, 0.05) is 17.5 Å². The van der Waals surface area contributed by atoms with Crippen LogP contribution < -0.4 is 11.1 Å². The molecule has 1 heterocycles. The highest BCUT2D eigenvalue weighted by Gasteiger charge is 2.23. The maximum Gasteiger partial charge on any atom is 0.229 e. The number of nitrogens with two attached hydrogens (primary N) is 1. The maximum atomic E-state index is 12.4. The second kappa shape index (κ2) is 6.77. The van der Waals surface area contributed by atoms with E-state index in [1.807, 2.05) is 51.1 Å². The van der Waals surface area contributed by atoms with Gasteiger partial charge in [-0.25, -0.2) is 4.68 Å². The summed E-state index contributed by atoms with van der Waals surface area (Å²) < 4.78 is 1.78. The summed E-state index contributed by atoms with van der Waals surface area (Å²) in [6.07, 6.45) is 0. The molecule has 1 aromatic carbocycles. The Kier molecular flexibility index (Phi) is 5.13. The van der Waals surface area contributed by atoms with Crippen LogP contribution in [0.15, 0.2) is 30.3 Å². The maximum absolute atomic E-state index is 12.4. The molecule has 0 saturated carbocycles. The zero-order valence-corrected chi connectivity index (χ0v) is 15.4. The first-order chi connectivity index (χ1) is 11.1. The summed E-state index contributed by atoms with van der Waals surface area (Å²) in [6.45, 7) is 12.0. The fourth-order valence-electron chi connectivity index (χ4n) is 2.20. The lowest BCUT2D eigenvalue weighted by Gasteiger charge is -2.16. The average Bonchev–Trinajstić information content (AvgIpc) is 2.91. The molecular formula is C19H28N4O. The molecule has 1 aromatic heterocycles. The Morgan fingerprint density at radius 3 is 2.29 bits per heavy atom. The molecule has 2 aromatic rings. The summed E-state index contributed by atoms with van der Waals surface area (Å²) in [5.41, 5.74) is 8.76. The third-order valence-corrected chi connectivity index (χ3v) is 4.21. The summed E-state index contributed by atoms with van der Waals surface area (Å²) >= 11 is 0. The van der Waals surface area contributed by atoms with E-state index in [-0.39, 0.29) is 23.3 Å². The van der Waals surface area contributed by atoms with E-state index in [9.17, 15) is 4.79 Å². The SMILES string of the molecule is Cc1ccc(-n2nc(C(C)(C)C)cc2NC(=O)C(C)C(C)N)cc1. The minimum Gasteiger partial charge on any atom is -0.327 e. The molecule has 130 valence electrons. The number of nitrogens with one attached hydrogen (secondary N) is 1. The Balaban J connectivity index is 2.43. The number of carbonyl (C=O) groups is 1. The first-order valence-electron chi connectivity index (χ1n) is 8.33. The summed E-state index contributed by atoms with van der Waals surface area (Å²) in [5.74, 6) is 0.296. The summed E-state index contributed by atoms with van der Waals surface area (Å²) in [6, 6.07) is 9.79. The molecule has 0 saturated heterocycles. The second-order valence-electron chi connectivity index (χ2n) is 7.55. The largest absolute Gasteiger partial charge is 0.327 e. The van der Waals surface area contributed by atoms with Gasteiger partial charge in [0.05, 0.1) is 17.3 Å². The lowest BCUT2D eigenvalue weighted by molar-refractivity contribution is -0.119. The van der Waals surface area contributed by atoms with Crippen molar-refractivity contribution in [2.45, 2.75) is 53.0 Å². The number of hydrogen-bond acceptors (Lipinski definition) is 3. The third kappa shape index (κ3) is 4.03. The second-order valence-corrected chi connectivity index (χ2v) is 7.55. The average molecular weight is 328 g/mol. The minimum absolute atomic E-state index is 0.0984. The number of rotatable bonds is 4. The van der Waals surface area contributed by atoms with Crippen LogP contribution in [0.5, 0.6) is 0 Å². The molecule has 0 bridgehead atoms. The third-order valence-electron chi connectivity index (χ3n) is 4.21. The minimum atomic E-state index is -0.274. The van der Waals surface area contributed by atoms with Gasteiger partial charge in [-0.05, 0) is 26.0 Å². The van der Waals surface area contributed by atoms with Crippen LogP contribution in [-0.4, -0.2) is 21.7 Å². The van der Waals surface area contributed by atoms with E-state index in [2.05, 4.69) is 26.1 Å². The van der Waals surface area contributed by atoms with Gasteiger partial charge in [-0.2, -0.15) is 5.10 Å². The van der Waals surface area contributed by atoms with Crippen molar-refractivity contribution in [2.75, 3.05) is 5.32 Å². The summed E-state index contributed by atoms with van der Waals surface area (Å²) in [4.78, 5) is 12.4. The molecule has 2 atom stereocenters. The Hall–Kier alpha value is -2.14. The van der Waals surface area contributed by atoms with Crippen molar-refractivity contribution in [1.29, 1.82) is 0 Å².